The molecular weight excluding hydrogens is 220 g/mol. The molecule has 3 atom stereocenters. The summed E-state index contributed by atoms with van der Waals surface area (Å²) in [6, 6.07) is 0.715. The molecule has 1 heterocycles. The largest absolute Gasteiger partial charge is 0.308 e. The molecule has 106 valence electrons. The second-order valence-corrected chi connectivity index (χ2v) is 6.93. The van der Waals surface area contributed by atoms with Crippen LogP contribution in [-0.2, 0) is 0 Å². The molecule has 0 aromatic carbocycles. The van der Waals surface area contributed by atoms with Gasteiger partial charge in [0.1, 0.15) is 0 Å². The van der Waals surface area contributed by atoms with Gasteiger partial charge in [0.2, 0.25) is 0 Å². The lowest BCUT2D eigenvalue weighted by Crippen LogP contribution is -2.63. The monoisotopic (exact) mass is 252 g/mol. The zero-order valence-corrected chi connectivity index (χ0v) is 12.8. The lowest BCUT2D eigenvalue weighted by atomic mass is 9.88. The van der Waals surface area contributed by atoms with Crippen molar-refractivity contribution in [2.45, 2.75) is 71.4 Å². The Bertz CT molecular complexity index is 260. The zero-order valence-electron chi connectivity index (χ0n) is 12.8. The third kappa shape index (κ3) is 3.08. The van der Waals surface area contributed by atoms with Gasteiger partial charge in [-0.2, -0.15) is 0 Å². The lowest BCUT2D eigenvalue weighted by Gasteiger charge is -2.47. The van der Waals surface area contributed by atoms with Gasteiger partial charge >= 0.3 is 0 Å². The first-order valence-electron chi connectivity index (χ1n) is 8.07. The molecule has 1 aliphatic heterocycles. The predicted molar refractivity (Wildman–Crippen MR) is 78.9 cm³/mol. The molecule has 1 saturated heterocycles. The number of piperazine rings is 1. The Kier molecular flexibility index (Phi) is 4.71. The Morgan fingerprint density at radius 3 is 2.44 bits per heavy atom. The van der Waals surface area contributed by atoms with Gasteiger partial charge in [0.25, 0.3) is 0 Å². The van der Waals surface area contributed by atoms with Crippen LogP contribution in [0.25, 0.3) is 0 Å². The normalized spacial score (nSPS) is 37.0. The molecule has 1 saturated carbocycles. The van der Waals surface area contributed by atoms with Crippen LogP contribution >= 0.6 is 0 Å². The second-order valence-electron chi connectivity index (χ2n) is 6.93. The summed E-state index contributed by atoms with van der Waals surface area (Å²) in [5.74, 6) is 1.93. The minimum absolute atomic E-state index is 0.386. The van der Waals surface area contributed by atoms with E-state index in [9.17, 15) is 0 Å². The highest BCUT2D eigenvalue weighted by Gasteiger charge is 2.36. The van der Waals surface area contributed by atoms with E-state index in [1.807, 2.05) is 0 Å². The predicted octanol–water partition coefficient (Wildman–Crippen LogP) is 3.28. The molecule has 2 fully saturated rings. The van der Waals surface area contributed by atoms with E-state index in [0.29, 0.717) is 11.6 Å². The number of nitrogens with one attached hydrogen (secondary N) is 1. The molecule has 1 aliphatic carbocycles. The fourth-order valence-electron chi connectivity index (χ4n) is 3.88. The number of hydrogen-bond donors (Lipinski definition) is 1. The molecule has 0 amide bonds. The van der Waals surface area contributed by atoms with Crippen LogP contribution in [0.15, 0.2) is 0 Å². The summed E-state index contributed by atoms with van der Waals surface area (Å²) in [5, 5.41) is 3.80. The van der Waals surface area contributed by atoms with Crippen molar-refractivity contribution in [3.63, 3.8) is 0 Å². The number of nitrogens with zero attached hydrogens (tertiary/aromatic N) is 1. The Labute approximate surface area is 114 Å². The van der Waals surface area contributed by atoms with Crippen LogP contribution < -0.4 is 5.32 Å². The average Bonchev–Trinajstić information content (AvgIpc) is 2.78. The molecule has 2 heteroatoms. The molecule has 0 spiro atoms. The van der Waals surface area contributed by atoms with Gasteiger partial charge in [-0.25, -0.2) is 0 Å². The summed E-state index contributed by atoms with van der Waals surface area (Å²) >= 11 is 0. The van der Waals surface area contributed by atoms with E-state index >= 15 is 0 Å². The van der Waals surface area contributed by atoms with Crippen LogP contribution in [0, 0.1) is 11.8 Å². The zero-order chi connectivity index (χ0) is 13.2. The molecule has 18 heavy (non-hydrogen) atoms. The number of hydrogen-bond acceptors (Lipinski definition) is 2. The summed E-state index contributed by atoms with van der Waals surface area (Å²) in [6.45, 7) is 13.2. The Morgan fingerprint density at radius 2 is 1.89 bits per heavy atom. The second kappa shape index (κ2) is 5.92. The summed E-state index contributed by atoms with van der Waals surface area (Å²) in [5.41, 5.74) is 0.386. The van der Waals surface area contributed by atoms with Crippen molar-refractivity contribution in [2.24, 2.45) is 11.8 Å². The van der Waals surface area contributed by atoms with Gasteiger partial charge in [-0.3, -0.25) is 4.90 Å². The van der Waals surface area contributed by atoms with Crippen LogP contribution in [0.4, 0.5) is 0 Å². The third-order valence-corrected chi connectivity index (χ3v) is 5.55. The van der Waals surface area contributed by atoms with Crippen molar-refractivity contribution in [3.8, 4) is 0 Å². The fraction of sp³-hybridized carbons (Fsp3) is 1.00. The minimum atomic E-state index is 0.386. The van der Waals surface area contributed by atoms with Gasteiger partial charge in [0.15, 0.2) is 0 Å². The SMILES string of the molecule is CCC1(CC)CN(CC2CCC(C)C2)C(C)CN1. The minimum Gasteiger partial charge on any atom is -0.308 e. The van der Waals surface area contributed by atoms with Gasteiger partial charge in [0.05, 0.1) is 0 Å². The molecule has 2 aliphatic rings. The van der Waals surface area contributed by atoms with Gasteiger partial charge in [-0.05, 0) is 44.4 Å². The quantitative estimate of drug-likeness (QED) is 0.826. The van der Waals surface area contributed by atoms with E-state index in [0.717, 1.165) is 11.8 Å². The van der Waals surface area contributed by atoms with E-state index in [1.165, 1.54) is 51.7 Å². The molecule has 0 aromatic rings. The van der Waals surface area contributed by atoms with Crippen LogP contribution in [0.5, 0.6) is 0 Å². The standard InChI is InChI=1S/C16H32N2/c1-5-16(6-2)12-18(14(4)10-17-16)11-15-8-7-13(3)9-15/h13-15,17H,5-12H2,1-4H3. The van der Waals surface area contributed by atoms with E-state index in [-0.39, 0.29) is 0 Å². The van der Waals surface area contributed by atoms with Gasteiger partial charge in [-0.15, -0.1) is 0 Å². The number of rotatable bonds is 4. The highest BCUT2D eigenvalue weighted by molar-refractivity contribution is 4.96. The van der Waals surface area contributed by atoms with Crippen molar-refractivity contribution >= 4 is 0 Å². The first kappa shape index (κ1) is 14.3. The van der Waals surface area contributed by atoms with E-state index in [1.54, 1.807) is 0 Å². The summed E-state index contributed by atoms with van der Waals surface area (Å²) < 4.78 is 0. The van der Waals surface area contributed by atoms with Crippen LogP contribution in [0.1, 0.15) is 59.8 Å². The topological polar surface area (TPSA) is 15.3 Å². The molecule has 2 rings (SSSR count). The molecule has 2 nitrogen and oxygen atoms in total. The summed E-state index contributed by atoms with van der Waals surface area (Å²) in [4.78, 5) is 2.77. The third-order valence-electron chi connectivity index (χ3n) is 5.55. The maximum atomic E-state index is 3.80. The van der Waals surface area contributed by atoms with E-state index in [4.69, 9.17) is 0 Å². The van der Waals surface area contributed by atoms with E-state index in [2.05, 4.69) is 37.9 Å². The maximum Gasteiger partial charge on any atom is 0.0304 e. The molecule has 0 aromatic heterocycles. The Morgan fingerprint density at radius 1 is 1.17 bits per heavy atom. The maximum absolute atomic E-state index is 3.80. The van der Waals surface area contributed by atoms with Crippen molar-refractivity contribution in [1.82, 2.24) is 10.2 Å². The van der Waals surface area contributed by atoms with Gasteiger partial charge in [0, 0.05) is 31.2 Å². The van der Waals surface area contributed by atoms with Crippen LogP contribution in [0.2, 0.25) is 0 Å². The highest BCUT2D eigenvalue weighted by atomic mass is 15.2. The van der Waals surface area contributed by atoms with Crippen molar-refractivity contribution in [1.29, 1.82) is 0 Å². The Hall–Kier alpha value is -0.0800. The first-order valence-corrected chi connectivity index (χ1v) is 8.07. The van der Waals surface area contributed by atoms with Gasteiger partial charge < -0.3 is 5.32 Å². The van der Waals surface area contributed by atoms with Crippen LogP contribution in [-0.4, -0.2) is 36.1 Å². The highest BCUT2D eigenvalue weighted by Crippen LogP contribution is 2.32. The lowest BCUT2D eigenvalue weighted by molar-refractivity contribution is 0.0672. The fourth-order valence-corrected chi connectivity index (χ4v) is 3.88. The van der Waals surface area contributed by atoms with Crippen LogP contribution in [0.3, 0.4) is 0 Å². The summed E-state index contributed by atoms with van der Waals surface area (Å²) in [6.07, 6.45) is 6.89. The van der Waals surface area contributed by atoms with Gasteiger partial charge in [-0.1, -0.05) is 27.2 Å². The van der Waals surface area contributed by atoms with E-state index < -0.39 is 0 Å². The first-order chi connectivity index (χ1) is 8.58. The molecule has 0 radical (unpaired) electrons. The summed E-state index contributed by atoms with van der Waals surface area (Å²) in [7, 11) is 0. The van der Waals surface area contributed by atoms with Crippen molar-refractivity contribution in [2.75, 3.05) is 19.6 Å². The smallest absolute Gasteiger partial charge is 0.0304 e. The Balaban J connectivity index is 1.93. The molecule has 3 unspecified atom stereocenters. The van der Waals surface area contributed by atoms with Crippen molar-refractivity contribution < 1.29 is 0 Å². The average molecular weight is 252 g/mol. The van der Waals surface area contributed by atoms with Crippen molar-refractivity contribution in [3.05, 3.63) is 0 Å². The molecule has 0 bridgehead atoms. The molecular formula is C16H32N2. The molecule has 1 N–H and O–H groups in total.